The zero-order chi connectivity index (χ0) is 22.2. The normalized spacial score (nSPS) is 16.2. The lowest BCUT2D eigenvalue weighted by Gasteiger charge is -2.18. The monoisotopic (exact) mass is 486 g/mol. The molecule has 0 bridgehead atoms. The Morgan fingerprint density at radius 2 is 2.00 bits per heavy atom. The van der Waals surface area contributed by atoms with Gasteiger partial charge in [-0.3, -0.25) is 4.79 Å². The largest absolute Gasteiger partial charge is 0.268 e. The Labute approximate surface area is 200 Å². The van der Waals surface area contributed by atoms with Crippen molar-refractivity contribution in [1.82, 2.24) is 19.2 Å². The van der Waals surface area contributed by atoms with Gasteiger partial charge in [0.15, 0.2) is 5.16 Å². The number of benzene rings is 1. The number of fused-ring (bicyclic) bond motifs is 5. The maximum absolute atomic E-state index is 13.9. The third-order valence-corrected chi connectivity index (χ3v) is 8.78. The fourth-order valence-corrected chi connectivity index (χ4v) is 6.97. The van der Waals surface area contributed by atoms with Crippen molar-refractivity contribution in [2.45, 2.75) is 63.9 Å². The molecule has 32 heavy (non-hydrogen) atoms. The Bertz CT molecular complexity index is 1320. The first kappa shape index (κ1) is 22.0. The van der Waals surface area contributed by atoms with E-state index in [9.17, 15) is 4.79 Å². The van der Waals surface area contributed by atoms with Crippen LogP contribution in [0.5, 0.6) is 0 Å². The summed E-state index contributed by atoms with van der Waals surface area (Å²) in [5, 5.41) is 11.4. The molecule has 0 spiro atoms. The minimum absolute atomic E-state index is 0.00619. The van der Waals surface area contributed by atoms with E-state index in [-0.39, 0.29) is 5.56 Å². The summed E-state index contributed by atoms with van der Waals surface area (Å²) in [4.78, 5) is 16.2. The Hall–Kier alpha value is -1.83. The number of aryl methyl sites for hydroxylation is 1. The first-order valence-corrected chi connectivity index (χ1v) is 13.6. The van der Waals surface area contributed by atoms with Crippen LogP contribution >= 0.6 is 34.7 Å². The lowest BCUT2D eigenvalue weighted by molar-refractivity contribution is 0.508. The van der Waals surface area contributed by atoms with Crippen molar-refractivity contribution in [3.63, 3.8) is 0 Å². The van der Waals surface area contributed by atoms with Crippen molar-refractivity contribution >= 4 is 50.7 Å². The quantitative estimate of drug-likeness (QED) is 0.219. The average Bonchev–Trinajstić information content (AvgIpc) is 3.36. The van der Waals surface area contributed by atoms with E-state index in [4.69, 9.17) is 11.6 Å². The Morgan fingerprint density at radius 1 is 1.19 bits per heavy atom. The molecule has 0 aliphatic heterocycles. The number of thioether (sulfide) groups is 1. The molecule has 8 heteroatoms. The van der Waals surface area contributed by atoms with Gasteiger partial charge in [-0.2, -0.15) is 0 Å². The molecule has 0 fully saturated rings. The number of hydrogen-bond donors (Lipinski definition) is 0. The minimum atomic E-state index is -0.00619. The highest BCUT2D eigenvalue weighted by atomic mass is 35.5. The molecule has 0 unspecified atom stereocenters. The van der Waals surface area contributed by atoms with Crippen LogP contribution in [0.4, 0.5) is 0 Å². The van der Waals surface area contributed by atoms with Gasteiger partial charge in [-0.15, -0.1) is 21.5 Å². The summed E-state index contributed by atoms with van der Waals surface area (Å²) >= 11 is 9.61. The molecule has 5 rings (SSSR count). The standard InChI is InChI=1S/C24H27ClN4OS2/c1-3-4-5-6-13-31-24-27-26-23-28(17-10-8-16(25)9-11-17)21(30)20-18-14-15(2)7-12-19(18)32-22(20)29(23)24/h8-11,15H,3-7,12-14H2,1-2H3/t15-/m0/s1. The molecule has 1 aliphatic carbocycles. The first-order valence-electron chi connectivity index (χ1n) is 11.4. The Morgan fingerprint density at radius 3 is 2.78 bits per heavy atom. The number of rotatable bonds is 7. The van der Waals surface area contributed by atoms with E-state index >= 15 is 0 Å². The van der Waals surface area contributed by atoms with Gasteiger partial charge in [0.05, 0.1) is 11.1 Å². The molecule has 0 radical (unpaired) electrons. The highest BCUT2D eigenvalue weighted by Crippen LogP contribution is 2.38. The molecule has 1 aliphatic rings. The fraction of sp³-hybridized carbons (Fsp3) is 0.458. The molecule has 3 aromatic heterocycles. The van der Waals surface area contributed by atoms with Crippen molar-refractivity contribution in [2.24, 2.45) is 5.92 Å². The summed E-state index contributed by atoms with van der Waals surface area (Å²) in [6.45, 7) is 4.50. The number of aromatic nitrogens is 4. The highest BCUT2D eigenvalue weighted by Gasteiger charge is 2.27. The number of hydrogen-bond acceptors (Lipinski definition) is 5. The Balaban J connectivity index is 1.71. The van der Waals surface area contributed by atoms with E-state index in [1.54, 1.807) is 27.7 Å². The second-order valence-electron chi connectivity index (χ2n) is 8.68. The van der Waals surface area contributed by atoms with Crippen molar-refractivity contribution in [2.75, 3.05) is 5.75 Å². The number of nitrogens with zero attached hydrogens (tertiary/aromatic N) is 4. The zero-order valence-electron chi connectivity index (χ0n) is 18.4. The second kappa shape index (κ2) is 9.20. The maximum atomic E-state index is 13.9. The first-order chi connectivity index (χ1) is 15.6. The van der Waals surface area contributed by atoms with Crippen LogP contribution in [0.2, 0.25) is 5.02 Å². The van der Waals surface area contributed by atoms with Crippen molar-refractivity contribution in [3.8, 4) is 5.69 Å². The van der Waals surface area contributed by atoms with Crippen LogP contribution in [0.15, 0.2) is 34.2 Å². The molecule has 0 saturated heterocycles. The van der Waals surface area contributed by atoms with Crippen molar-refractivity contribution in [3.05, 3.63) is 50.1 Å². The summed E-state index contributed by atoms with van der Waals surface area (Å²) in [6.07, 6.45) is 8.05. The molecular weight excluding hydrogens is 460 g/mol. The van der Waals surface area contributed by atoms with Gasteiger partial charge >= 0.3 is 0 Å². The maximum Gasteiger partial charge on any atom is 0.268 e. The van der Waals surface area contributed by atoms with E-state index in [1.165, 1.54) is 36.1 Å². The van der Waals surface area contributed by atoms with E-state index in [2.05, 4.69) is 28.4 Å². The summed E-state index contributed by atoms with van der Waals surface area (Å²) in [7, 11) is 0. The highest BCUT2D eigenvalue weighted by molar-refractivity contribution is 7.99. The van der Waals surface area contributed by atoms with Gasteiger partial charge in [-0.05, 0) is 61.4 Å². The predicted molar refractivity (Wildman–Crippen MR) is 135 cm³/mol. The topological polar surface area (TPSA) is 52.2 Å². The van der Waals surface area contributed by atoms with Gasteiger partial charge in [0.25, 0.3) is 5.56 Å². The molecule has 1 atom stereocenters. The number of halogens is 1. The summed E-state index contributed by atoms with van der Waals surface area (Å²) < 4.78 is 3.82. The zero-order valence-corrected chi connectivity index (χ0v) is 20.8. The molecule has 3 heterocycles. The average molecular weight is 487 g/mol. The van der Waals surface area contributed by atoms with Crippen LogP contribution in [0.25, 0.3) is 21.7 Å². The van der Waals surface area contributed by atoms with Crippen molar-refractivity contribution in [1.29, 1.82) is 0 Å². The number of unbranched alkanes of at least 4 members (excludes halogenated alkanes) is 3. The molecule has 1 aromatic carbocycles. The third-order valence-electron chi connectivity index (χ3n) is 6.24. The molecule has 4 aromatic rings. The summed E-state index contributed by atoms with van der Waals surface area (Å²) in [5.41, 5.74) is 1.99. The van der Waals surface area contributed by atoms with Crippen LogP contribution in [0, 0.1) is 5.92 Å². The van der Waals surface area contributed by atoms with Crippen LogP contribution in [0.1, 0.15) is 56.4 Å². The van der Waals surface area contributed by atoms with Gasteiger partial charge < -0.3 is 0 Å². The van der Waals surface area contributed by atoms with Crippen LogP contribution in [-0.2, 0) is 12.8 Å². The SMILES string of the molecule is CCCCCCSc1nnc2n(-c3ccc(Cl)cc3)c(=O)c3c4c(sc3n12)CC[C@H](C)C4. The molecule has 0 N–H and O–H groups in total. The molecular formula is C24H27ClN4OS2. The van der Waals surface area contributed by atoms with Crippen LogP contribution < -0.4 is 5.56 Å². The van der Waals surface area contributed by atoms with Gasteiger partial charge in [-0.25, -0.2) is 8.97 Å². The molecule has 0 amide bonds. The van der Waals surface area contributed by atoms with E-state index in [0.29, 0.717) is 16.7 Å². The van der Waals surface area contributed by atoms with Crippen LogP contribution in [0.3, 0.4) is 0 Å². The number of thiophene rings is 1. The van der Waals surface area contributed by atoms with E-state index < -0.39 is 0 Å². The second-order valence-corrected chi connectivity index (χ2v) is 11.3. The lowest BCUT2D eigenvalue weighted by Crippen LogP contribution is -2.22. The van der Waals surface area contributed by atoms with E-state index in [1.807, 2.05) is 24.3 Å². The molecule has 0 saturated carbocycles. The summed E-state index contributed by atoms with van der Waals surface area (Å²) in [5.74, 6) is 2.17. The molecule has 168 valence electrons. The van der Waals surface area contributed by atoms with Crippen LogP contribution in [-0.4, -0.2) is 24.9 Å². The minimum Gasteiger partial charge on any atom is -0.268 e. The predicted octanol–water partition coefficient (Wildman–Crippen LogP) is 6.55. The molecule has 5 nitrogen and oxygen atoms in total. The van der Waals surface area contributed by atoms with Gasteiger partial charge in [0.1, 0.15) is 4.83 Å². The third kappa shape index (κ3) is 3.88. The summed E-state index contributed by atoms with van der Waals surface area (Å²) in [6, 6.07) is 7.39. The van der Waals surface area contributed by atoms with Gasteiger partial charge in [0.2, 0.25) is 5.78 Å². The van der Waals surface area contributed by atoms with Gasteiger partial charge in [-0.1, -0.05) is 56.5 Å². The Kier molecular flexibility index (Phi) is 6.32. The smallest absolute Gasteiger partial charge is 0.268 e. The van der Waals surface area contributed by atoms with E-state index in [0.717, 1.165) is 46.1 Å². The fourth-order valence-electron chi connectivity index (χ4n) is 4.52. The van der Waals surface area contributed by atoms with Crippen molar-refractivity contribution < 1.29 is 0 Å². The van der Waals surface area contributed by atoms with Gasteiger partial charge in [0, 0.05) is 15.7 Å². The lowest BCUT2D eigenvalue weighted by atomic mass is 9.89.